The molecule has 0 amide bonds. The fourth-order valence-corrected chi connectivity index (χ4v) is 3.05. The minimum atomic E-state index is -4.48. The molecule has 0 spiro atoms. The van der Waals surface area contributed by atoms with Crippen molar-refractivity contribution in [3.8, 4) is 0 Å². The molecule has 20 heavy (non-hydrogen) atoms. The smallest absolute Gasteiger partial charge is 0.391 e. The quantitative estimate of drug-likeness (QED) is 0.889. The molecule has 6 heteroatoms. The Morgan fingerprint density at radius 1 is 1.25 bits per heavy atom. The lowest BCUT2D eigenvalue weighted by molar-refractivity contribution is -0.137. The maximum absolute atomic E-state index is 12.6. The van der Waals surface area contributed by atoms with Gasteiger partial charge in [0.1, 0.15) is 0 Å². The van der Waals surface area contributed by atoms with Crippen molar-refractivity contribution in [1.82, 2.24) is 0 Å². The van der Waals surface area contributed by atoms with Crippen LogP contribution in [0.4, 0.5) is 13.2 Å². The van der Waals surface area contributed by atoms with Crippen LogP contribution in [0.15, 0.2) is 18.2 Å². The number of hydrogen-bond donors (Lipinski definition) is 2. The number of aliphatic hydroxyl groups is 1. The van der Waals surface area contributed by atoms with E-state index in [2.05, 4.69) is 0 Å². The second-order valence-electron chi connectivity index (χ2n) is 5.30. The summed E-state index contributed by atoms with van der Waals surface area (Å²) in [5.74, 6) is 0.117. The predicted octanol–water partition coefficient (Wildman–Crippen LogP) is 3.91. The van der Waals surface area contributed by atoms with Gasteiger partial charge in [-0.2, -0.15) is 13.2 Å². The van der Waals surface area contributed by atoms with Crippen molar-refractivity contribution in [2.45, 2.75) is 44.0 Å². The van der Waals surface area contributed by atoms with E-state index in [4.69, 9.17) is 17.3 Å². The maximum atomic E-state index is 12.6. The number of hydrogen-bond acceptors (Lipinski definition) is 2. The first-order valence-electron chi connectivity index (χ1n) is 6.61. The van der Waals surface area contributed by atoms with E-state index < -0.39 is 23.9 Å². The Morgan fingerprint density at radius 3 is 2.35 bits per heavy atom. The number of rotatable bonds is 3. The highest BCUT2D eigenvalue weighted by molar-refractivity contribution is 6.31. The highest BCUT2D eigenvalue weighted by atomic mass is 35.5. The van der Waals surface area contributed by atoms with E-state index in [9.17, 15) is 18.3 Å². The lowest BCUT2D eigenvalue weighted by Crippen LogP contribution is -2.32. The van der Waals surface area contributed by atoms with Crippen molar-refractivity contribution in [1.29, 1.82) is 0 Å². The topological polar surface area (TPSA) is 46.2 Å². The van der Waals surface area contributed by atoms with Gasteiger partial charge in [0.15, 0.2) is 0 Å². The minimum absolute atomic E-state index is 0.117. The molecule has 2 atom stereocenters. The van der Waals surface area contributed by atoms with Gasteiger partial charge < -0.3 is 10.8 Å². The predicted molar refractivity (Wildman–Crippen MR) is 71.3 cm³/mol. The standard InChI is InChI=1S/C14H17ClF3NO/c15-11-7-9(5-6-10(11)14(16,17)18)12(19)13(20)8-3-1-2-4-8/h5-8,12-13,20H,1-4,19H2/t12-,13+/m1/s1. The first-order valence-corrected chi connectivity index (χ1v) is 6.99. The zero-order valence-corrected chi connectivity index (χ0v) is 11.6. The first kappa shape index (κ1) is 15.6. The molecule has 0 bridgehead atoms. The van der Waals surface area contributed by atoms with Crippen LogP contribution in [0.1, 0.15) is 42.9 Å². The van der Waals surface area contributed by atoms with Crippen molar-refractivity contribution in [3.05, 3.63) is 34.3 Å². The van der Waals surface area contributed by atoms with Gasteiger partial charge in [-0.25, -0.2) is 0 Å². The van der Waals surface area contributed by atoms with Crippen LogP contribution in [0, 0.1) is 5.92 Å². The lowest BCUT2D eigenvalue weighted by atomic mass is 9.90. The molecule has 2 nitrogen and oxygen atoms in total. The summed E-state index contributed by atoms with van der Waals surface area (Å²) >= 11 is 5.67. The third kappa shape index (κ3) is 3.27. The van der Waals surface area contributed by atoms with Crippen LogP contribution in [0.5, 0.6) is 0 Å². The molecule has 2 rings (SSSR count). The Kier molecular flexibility index (Phi) is 4.62. The number of benzene rings is 1. The molecule has 0 radical (unpaired) electrons. The number of aliphatic hydroxyl groups excluding tert-OH is 1. The molecule has 112 valence electrons. The van der Waals surface area contributed by atoms with Gasteiger partial charge in [-0.3, -0.25) is 0 Å². The summed E-state index contributed by atoms with van der Waals surface area (Å²) in [7, 11) is 0. The summed E-state index contributed by atoms with van der Waals surface area (Å²) in [6.07, 6.45) is -1.30. The van der Waals surface area contributed by atoms with E-state index in [0.29, 0.717) is 5.56 Å². The zero-order valence-electron chi connectivity index (χ0n) is 10.8. The van der Waals surface area contributed by atoms with Gasteiger partial charge >= 0.3 is 6.18 Å². The monoisotopic (exact) mass is 307 g/mol. The average molecular weight is 308 g/mol. The van der Waals surface area contributed by atoms with Crippen LogP contribution in [-0.2, 0) is 6.18 Å². The second-order valence-corrected chi connectivity index (χ2v) is 5.71. The van der Waals surface area contributed by atoms with Gasteiger partial charge in [0, 0.05) is 0 Å². The Bertz CT molecular complexity index is 472. The summed E-state index contributed by atoms with van der Waals surface area (Å²) in [5.41, 5.74) is 5.51. The van der Waals surface area contributed by atoms with Gasteiger partial charge in [0.25, 0.3) is 0 Å². The molecule has 0 aliphatic heterocycles. The number of nitrogens with two attached hydrogens (primary N) is 1. The van der Waals surface area contributed by atoms with Crippen molar-refractivity contribution >= 4 is 11.6 Å². The van der Waals surface area contributed by atoms with E-state index in [1.165, 1.54) is 12.1 Å². The molecule has 1 saturated carbocycles. The molecule has 3 N–H and O–H groups in total. The number of halogens is 4. The third-order valence-corrected chi connectivity index (χ3v) is 4.25. The van der Waals surface area contributed by atoms with E-state index in [1.54, 1.807) is 0 Å². The van der Waals surface area contributed by atoms with E-state index >= 15 is 0 Å². The molecule has 1 aromatic carbocycles. The second kappa shape index (κ2) is 5.92. The van der Waals surface area contributed by atoms with Gasteiger partial charge in [-0.05, 0) is 36.5 Å². The number of alkyl halides is 3. The van der Waals surface area contributed by atoms with E-state index in [-0.39, 0.29) is 10.9 Å². The molecular formula is C14H17ClF3NO. The Labute approximate surface area is 120 Å². The first-order chi connectivity index (χ1) is 9.30. The lowest BCUT2D eigenvalue weighted by Gasteiger charge is -2.25. The zero-order chi connectivity index (χ0) is 14.9. The summed E-state index contributed by atoms with van der Waals surface area (Å²) in [6.45, 7) is 0. The molecule has 1 fully saturated rings. The van der Waals surface area contributed by atoms with Crippen molar-refractivity contribution in [2.75, 3.05) is 0 Å². The third-order valence-electron chi connectivity index (χ3n) is 3.93. The molecule has 1 aromatic rings. The van der Waals surface area contributed by atoms with Gasteiger partial charge in [-0.1, -0.05) is 30.5 Å². The van der Waals surface area contributed by atoms with Crippen molar-refractivity contribution in [3.63, 3.8) is 0 Å². The van der Waals surface area contributed by atoms with Crippen LogP contribution < -0.4 is 5.73 Å². The van der Waals surface area contributed by atoms with Crippen molar-refractivity contribution in [2.24, 2.45) is 11.7 Å². The summed E-state index contributed by atoms with van der Waals surface area (Å²) < 4.78 is 37.9. The molecule has 0 saturated heterocycles. The summed E-state index contributed by atoms with van der Waals surface area (Å²) in [5, 5.41) is 9.82. The van der Waals surface area contributed by atoms with Crippen LogP contribution in [0.2, 0.25) is 5.02 Å². The molecule has 0 heterocycles. The van der Waals surface area contributed by atoms with Crippen molar-refractivity contribution < 1.29 is 18.3 Å². The highest BCUT2D eigenvalue weighted by Crippen LogP contribution is 2.37. The van der Waals surface area contributed by atoms with Gasteiger partial charge in [0.05, 0.1) is 22.7 Å². The van der Waals surface area contributed by atoms with Crippen LogP contribution in [0.3, 0.4) is 0 Å². The molecule has 0 unspecified atom stereocenters. The van der Waals surface area contributed by atoms with Gasteiger partial charge in [-0.15, -0.1) is 0 Å². The molecule has 1 aliphatic carbocycles. The Morgan fingerprint density at radius 2 is 1.85 bits per heavy atom. The van der Waals surface area contributed by atoms with Crippen LogP contribution in [-0.4, -0.2) is 11.2 Å². The van der Waals surface area contributed by atoms with E-state index in [1.807, 2.05) is 0 Å². The largest absolute Gasteiger partial charge is 0.417 e. The Hall–Kier alpha value is -0.780. The molecule has 0 aromatic heterocycles. The SMILES string of the molecule is N[C@H](c1ccc(C(F)(F)F)c(Cl)c1)[C@@H](O)C1CCCC1. The van der Waals surface area contributed by atoms with E-state index in [0.717, 1.165) is 31.7 Å². The van der Waals surface area contributed by atoms with Gasteiger partial charge in [0.2, 0.25) is 0 Å². The highest BCUT2D eigenvalue weighted by Gasteiger charge is 2.34. The summed E-state index contributed by atoms with van der Waals surface area (Å²) in [6, 6.07) is 2.70. The normalized spacial score (nSPS) is 20.1. The summed E-state index contributed by atoms with van der Waals surface area (Å²) in [4.78, 5) is 0. The molecular weight excluding hydrogens is 291 g/mol. The van der Waals surface area contributed by atoms with Crippen LogP contribution in [0.25, 0.3) is 0 Å². The minimum Gasteiger partial charge on any atom is -0.391 e. The fourth-order valence-electron chi connectivity index (χ4n) is 2.76. The maximum Gasteiger partial charge on any atom is 0.417 e. The van der Waals surface area contributed by atoms with Crippen LogP contribution >= 0.6 is 11.6 Å². The molecule has 1 aliphatic rings. The fraction of sp³-hybridized carbons (Fsp3) is 0.571. The average Bonchev–Trinajstić information content (AvgIpc) is 2.89. The Balaban J connectivity index is 2.18.